The van der Waals surface area contributed by atoms with Gasteiger partial charge in [0.05, 0.1) is 0 Å². The van der Waals surface area contributed by atoms with Crippen molar-refractivity contribution in [3.63, 3.8) is 0 Å². The monoisotopic (exact) mass is 273 g/mol. The van der Waals surface area contributed by atoms with Crippen molar-refractivity contribution >= 4 is 28.7 Å². The van der Waals surface area contributed by atoms with Gasteiger partial charge in [0.25, 0.3) is 0 Å². The van der Waals surface area contributed by atoms with Gasteiger partial charge in [-0.2, -0.15) is 0 Å². The molecule has 0 aliphatic heterocycles. The van der Waals surface area contributed by atoms with Crippen molar-refractivity contribution in [2.24, 2.45) is 5.73 Å². The maximum Gasteiger partial charge on any atom is 0.0231 e. The maximum atomic E-state index is 5.38. The van der Waals surface area contributed by atoms with Crippen LogP contribution in [-0.4, -0.2) is 6.54 Å². The van der Waals surface area contributed by atoms with Crippen molar-refractivity contribution in [3.8, 4) is 0 Å². The lowest BCUT2D eigenvalue weighted by atomic mass is 10.1. The predicted octanol–water partition coefficient (Wildman–Crippen LogP) is 2.57. The summed E-state index contributed by atoms with van der Waals surface area (Å²) in [4.78, 5) is 0. The topological polar surface area (TPSA) is 26.0 Å². The zero-order chi connectivity index (χ0) is 8.97. The van der Waals surface area contributed by atoms with E-state index in [9.17, 15) is 0 Å². The fraction of sp³-hybridized carbons (Fsp3) is 0.200. The molecule has 0 unspecified atom stereocenters. The second-order valence-corrected chi connectivity index (χ2v) is 3.69. The minimum atomic E-state index is 0.601. The molecule has 0 aromatic heterocycles. The Balaban J connectivity index is 3.00. The van der Waals surface area contributed by atoms with E-state index >= 15 is 0 Å². The first kappa shape index (κ1) is 9.74. The number of aryl methyl sites for hydroxylation is 1. The highest BCUT2D eigenvalue weighted by atomic mass is 127. The molecule has 2 heteroatoms. The molecule has 0 heterocycles. The van der Waals surface area contributed by atoms with Crippen molar-refractivity contribution in [2.45, 2.75) is 6.92 Å². The van der Waals surface area contributed by atoms with Crippen molar-refractivity contribution in [2.75, 3.05) is 6.54 Å². The van der Waals surface area contributed by atoms with E-state index in [1.54, 1.807) is 0 Å². The molecule has 12 heavy (non-hydrogen) atoms. The van der Waals surface area contributed by atoms with Crippen LogP contribution in [0.1, 0.15) is 11.1 Å². The van der Waals surface area contributed by atoms with Gasteiger partial charge < -0.3 is 5.73 Å². The number of rotatable bonds is 2. The summed E-state index contributed by atoms with van der Waals surface area (Å²) in [6.07, 6.45) is 4.03. The van der Waals surface area contributed by atoms with Crippen molar-refractivity contribution < 1.29 is 0 Å². The van der Waals surface area contributed by atoms with E-state index in [4.69, 9.17) is 5.73 Å². The first-order chi connectivity index (χ1) is 5.75. The second kappa shape index (κ2) is 4.62. The molecule has 64 valence electrons. The molecule has 0 atom stereocenters. The maximum absolute atomic E-state index is 5.38. The van der Waals surface area contributed by atoms with E-state index in [2.05, 4.69) is 53.8 Å². The zero-order valence-corrected chi connectivity index (χ0v) is 9.21. The molecule has 0 amide bonds. The summed E-state index contributed by atoms with van der Waals surface area (Å²) in [5.74, 6) is 0. The molecule has 0 spiro atoms. The van der Waals surface area contributed by atoms with Crippen molar-refractivity contribution in [3.05, 3.63) is 39.0 Å². The first-order valence-corrected chi connectivity index (χ1v) is 4.95. The SMILES string of the molecule is Cc1cccc(C=CCN)c1I. The quantitative estimate of drug-likeness (QED) is 0.823. The van der Waals surface area contributed by atoms with Crippen LogP contribution in [0.15, 0.2) is 24.3 Å². The third-order valence-corrected chi connectivity index (χ3v) is 3.13. The Hall–Kier alpha value is -0.350. The van der Waals surface area contributed by atoms with Crippen LogP contribution in [0.4, 0.5) is 0 Å². The van der Waals surface area contributed by atoms with Crippen molar-refractivity contribution in [1.29, 1.82) is 0 Å². The summed E-state index contributed by atoms with van der Waals surface area (Å²) < 4.78 is 1.31. The molecule has 0 aliphatic rings. The minimum Gasteiger partial charge on any atom is -0.327 e. The van der Waals surface area contributed by atoms with Gasteiger partial charge in [0.2, 0.25) is 0 Å². The van der Waals surface area contributed by atoms with Gasteiger partial charge in [0, 0.05) is 10.1 Å². The fourth-order valence-corrected chi connectivity index (χ4v) is 1.53. The number of hydrogen-bond acceptors (Lipinski definition) is 1. The Morgan fingerprint density at radius 3 is 2.92 bits per heavy atom. The molecule has 0 saturated carbocycles. The Bertz CT molecular complexity index is 292. The summed E-state index contributed by atoms with van der Waals surface area (Å²) in [6.45, 7) is 2.71. The summed E-state index contributed by atoms with van der Waals surface area (Å²) >= 11 is 2.35. The van der Waals surface area contributed by atoms with Crippen LogP contribution in [0.3, 0.4) is 0 Å². The predicted molar refractivity (Wildman–Crippen MR) is 62.0 cm³/mol. The standard InChI is InChI=1S/C10H12IN/c1-8-4-2-5-9(10(8)11)6-3-7-12/h2-6H,7,12H2,1H3. The molecule has 2 N–H and O–H groups in total. The van der Waals surface area contributed by atoms with Gasteiger partial charge in [0.15, 0.2) is 0 Å². The lowest BCUT2D eigenvalue weighted by Gasteiger charge is -2.01. The lowest BCUT2D eigenvalue weighted by Crippen LogP contribution is -1.92. The van der Waals surface area contributed by atoms with Crippen LogP contribution < -0.4 is 5.73 Å². The summed E-state index contributed by atoms with van der Waals surface area (Å²) in [7, 11) is 0. The lowest BCUT2D eigenvalue weighted by molar-refractivity contribution is 1.26. The van der Waals surface area contributed by atoms with Gasteiger partial charge >= 0.3 is 0 Å². The molecule has 0 bridgehead atoms. The van der Waals surface area contributed by atoms with Gasteiger partial charge in [-0.1, -0.05) is 30.4 Å². The largest absolute Gasteiger partial charge is 0.327 e. The summed E-state index contributed by atoms with van der Waals surface area (Å²) in [5, 5.41) is 0. The van der Waals surface area contributed by atoms with Crippen LogP contribution in [0.25, 0.3) is 6.08 Å². The molecule has 0 aliphatic carbocycles. The van der Waals surface area contributed by atoms with Crippen molar-refractivity contribution in [1.82, 2.24) is 0 Å². The van der Waals surface area contributed by atoms with Gasteiger partial charge in [-0.15, -0.1) is 0 Å². The van der Waals surface area contributed by atoms with Gasteiger partial charge in [-0.25, -0.2) is 0 Å². The highest BCUT2D eigenvalue weighted by Gasteiger charge is 1.96. The smallest absolute Gasteiger partial charge is 0.0231 e. The third kappa shape index (κ3) is 2.32. The number of halogens is 1. The molecule has 1 nitrogen and oxygen atoms in total. The molecular formula is C10H12IN. The first-order valence-electron chi connectivity index (χ1n) is 3.87. The van der Waals surface area contributed by atoms with Gasteiger partial charge in [0.1, 0.15) is 0 Å². The normalized spacial score (nSPS) is 10.9. The Labute approximate surface area is 86.8 Å². The fourth-order valence-electron chi connectivity index (χ4n) is 0.994. The third-order valence-electron chi connectivity index (χ3n) is 1.66. The van der Waals surface area contributed by atoms with Gasteiger partial charge in [-0.3, -0.25) is 0 Å². The Kier molecular flexibility index (Phi) is 3.75. The number of nitrogens with two attached hydrogens (primary N) is 1. The number of hydrogen-bond donors (Lipinski definition) is 1. The van der Waals surface area contributed by atoms with Crippen LogP contribution in [0.2, 0.25) is 0 Å². The minimum absolute atomic E-state index is 0.601. The van der Waals surface area contributed by atoms with Crippen LogP contribution in [-0.2, 0) is 0 Å². The van der Waals surface area contributed by atoms with E-state index in [-0.39, 0.29) is 0 Å². The van der Waals surface area contributed by atoms with Crippen LogP contribution in [0.5, 0.6) is 0 Å². The Morgan fingerprint density at radius 1 is 1.50 bits per heavy atom. The zero-order valence-electron chi connectivity index (χ0n) is 7.05. The molecule has 0 fully saturated rings. The highest BCUT2D eigenvalue weighted by Crippen LogP contribution is 2.17. The van der Waals surface area contributed by atoms with Gasteiger partial charge in [-0.05, 0) is 40.6 Å². The van der Waals surface area contributed by atoms with Crippen LogP contribution >= 0.6 is 22.6 Å². The molecular weight excluding hydrogens is 261 g/mol. The Morgan fingerprint density at radius 2 is 2.25 bits per heavy atom. The summed E-state index contributed by atoms with van der Waals surface area (Å²) in [6, 6.07) is 6.27. The van der Waals surface area contributed by atoms with E-state index in [1.807, 2.05) is 6.08 Å². The summed E-state index contributed by atoms with van der Waals surface area (Å²) in [5.41, 5.74) is 7.94. The molecule has 1 aromatic rings. The van der Waals surface area contributed by atoms with E-state index in [1.165, 1.54) is 14.7 Å². The van der Waals surface area contributed by atoms with E-state index in [0.717, 1.165) is 0 Å². The molecule has 1 aromatic carbocycles. The second-order valence-electron chi connectivity index (χ2n) is 2.62. The number of benzene rings is 1. The van der Waals surface area contributed by atoms with E-state index < -0.39 is 0 Å². The molecule has 0 radical (unpaired) electrons. The molecule has 0 saturated heterocycles. The average Bonchev–Trinajstić information content (AvgIpc) is 2.08. The van der Waals surface area contributed by atoms with E-state index in [0.29, 0.717) is 6.54 Å². The average molecular weight is 273 g/mol. The van der Waals surface area contributed by atoms with Crippen LogP contribution in [0, 0.1) is 10.5 Å². The molecule has 1 rings (SSSR count). The highest BCUT2D eigenvalue weighted by molar-refractivity contribution is 14.1.